The predicted octanol–water partition coefficient (Wildman–Crippen LogP) is 3.82. The quantitative estimate of drug-likeness (QED) is 0.00989. The molecule has 6 amide bonds. The Morgan fingerprint density at radius 3 is 1.08 bits per heavy atom. The van der Waals surface area contributed by atoms with Crippen LogP contribution in [0.1, 0.15) is 214 Å². The highest BCUT2D eigenvalue weighted by Crippen LogP contribution is 2.31. The number of carbonyl (C=O) groups is 12. The number of hydrogen-bond acceptors (Lipinski definition) is 37. The number of amides is 6. The highest BCUT2D eigenvalue weighted by atomic mass is 32.1. The molecule has 2 aliphatic carbocycles. The molecule has 0 unspecified atom stereocenters. The number of ketones is 6. The third kappa shape index (κ3) is 48.7. The fraction of sp³-hybridized carbons (Fsp3) is 0.546. The lowest BCUT2D eigenvalue weighted by molar-refractivity contribution is -0.123. The number of nitrogens with one attached hydrogen (secondary N) is 6. The molecule has 146 heavy (non-hydrogen) atoms. The van der Waals surface area contributed by atoms with Gasteiger partial charge in [-0.05, 0) is 165 Å². The summed E-state index contributed by atoms with van der Waals surface area (Å²) in [6.45, 7) is 9.79. The summed E-state index contributed by atoms with van der Waals surface area (Å²) in [5.41, 5.74) is 18.1. The molecule has 40 nitrogen and oxygen atoms in total. The number of hydrogen-bond donors (Lipinski definition) is 17. The summed E-state index contributed by atoms with van der Waals surface area (Å²) in [7, 11) is -7.03. The summed E-state index contributed by atoms with van der Waals surface area (Å²) >= 11 is 4.14. The number of ether oxygens (including phenoxy) is 1. The van der Waals surface area contributed by atoms with Gasteiger partial charge in [0.05, 0.1) is 121 Å². The molecule has 794 valence electrons. The number of aliphatic hydroxyl groups is 2. The SMILES string of the molecule is CC(=O)C[C@H]1C=CC[C@H](NC(=O)/C(=N/OCCO)c2cccs2)B(O)O1.CC(=O)C[C@H]1C=CC[C@H](NC(=O)/C(=N\OCCO)c2cccs2)B(O)O1.CC(=O)C[C@H]1C=CC[C@H](NC(=O)CC2(N)CCCCC2)B(O)O1.CC(=O)C[C@H]1C=CC[C@H](NC(=O)CC2CCC(N)CC2)B(O)O1.CC(=O)C[C@H]1C=CC[C@H](NC(=O)Cc2ccc(COCCN)s2)B(O)O1.CC(=O)C[C@H]1C=CC[C@H](NC(=O)Cc2ccccc2)B(O)O1. The molecule has 2 saturated carbocycles. The van der Waals surface area contributed by atoms with Gasteiger partial charge in [0.25, 0.3) is 11.8 Å². The van der Waals surface area contributed by atoms with E-state index in [0.717, 1.165) is 66.7 Å². The first-order valence-electron chi connectivity index (χ1n) is 49.3. The molecule has 0 bridgehead atoms. The van der Waals surface area contributed by atoms with Crippen molar-refractivity contribution in [2.24, 2.45) is 33.4 Å². The van der Waals surface area contributed by atoms with E-state index < -0.39 is 132 Å². The number of carbonyl (C=O) groups excluding carboxylic acids is 12. The van der Waals surface area contributed by atoms with E-state index in [1.807, 2.05) is 66.8 Å². The van der Waals surface area contributed by atoms with E-state index in [2.05, 4.69) is 42.2 Å². The topological polar surface area (TPSA) is 625 Å². The van der Waals surface area contributed by atoms with Crippen LogP contribution in [-0.2, 0) is 119 Å². The van der Waals surface area contributed by atoms with Crippen LogP contribution in [0.25, 0.3) is 0 Å². The molecule has 20 N–H and O–H groups in total. The van der Waals surface area contributed by atoms with Gasteiger partial charge >= 0.3 is 42.7 Å². The van der Waals surface area contributed by atoms with Crippen LogP contribution >= 0.6 is 34.0 Å². The zero-order chi connectivity index (χ0) is 106. The zero-order valence-corrected chi connectivity index (χ0v) is 86.1. The van der Waals surface area contributed by atoms with Crippen LogP contribution in [0.15, 0.2) is 161 Å². The maximum atomic E-state index is 12.6. The molecule has 12 atom stereocenters. The molecule has 3 aromatic heterocycles. The minimum atomic E-state index is -1.26. The minimum Gasteiger partial charge on any atom is -0.426 e. The van der Waals surface area contributed by atoms with Crippen LogP contribution in [0, 0.1) is 5.92 Å². The molecule has 6 aliphatic heterocycles. The molecule has 4 aromatic rings. The first-order chi connectivity index (χ1) is 69.8. The fourth-order valence-corrected chi connectivity index (χ4v) is 18.6. The van der Waals surface area contributed by atoms with Gasteiger partial charge in [0.2, 0.25) is 23.6 Å². The maximum absolute atomic E-state index is 12.6. The lowest BCUT2D eigenvalue weighted by Gasteiger charge is -2.33. The van der Waals surface area contributed by atoms with E-state index >= 15 is 0 Å². The molecule has 0 spiro atoms. The Morgan fingerprint density at radius 2 is 0.747 bits per heavy atom. The van der Waals surface area contributed by atoms with E-state index in [1.165, 1.54) is 82.0 Å². The van der Waals surface area contributed by atoms with Crippen molar-refractivity contribution in [1.29, 1.82) is 0 Å². The Morgan fingerprint density at radius 1 is 0.411 bits per heavy atom. The van der Waals surface area contributed by atoms with E-state index in [1.54, 1.807) is 83.6 Å². The second kappa shape index (κ2) is 67.3. The van der Waals surface area contributed by atoms with Gasteiger partial charge in [0.15, 0.2) is 11.4 Å². The molecule has 1 aromatic carbocycles. The van der Waals surface area contributed by atoms with Gasteiger partial charge in [-0.15, -0.1) is 34.0 Å². The number of oxime groups is 2. The van der Waals surface area contributed by atoms with Crippen LogP contribution in [0.5, 0.6) is 0 Å². The summed E-state index contributed by atoms with van der Waals surface area (Å²) < 4.78 is 38.0. The van der Waals surface area contributed by atoms with Crippen LogP contribution in [0.3, 0.4) is 0 Å². The van der Waals surface area contributed by atoms with Crippen molar-refractivity contribution < 1.29 is 140 Å². The molecule has 0 radical (unpaired) electrons. The van der Waals surface area contributed by atoms with Gasteiger partial charge in [-0.2, -0.15) is 0 Å². The van der Waals surface area contributed by atoms with E-state index in [0.29, 0.717) is 80.4 Å². The van der Waals surface area contributed by atoms with E-state index in [9.17, 15) is 87.7 Å². The van der Waals surface area contributed by atoms with Gasteiger partial charge in [-0.3, -0.25) is 57.5 Å². The molecule has 8 aliphatic rings. The summed E-state index contributed by atoms with van der Waals surface area (Å²) in [6.07, 6.45) is 32.5. The maximum Gasteiger partial charge on any atom is 0.478 e. The Labute approximate surface area is 866 Å². The van der Waals surface area contributed by atoms with Gasteiger partial charge in [0, 0.05) is 79.2 Å². The van der Waals surface area contributed by atoms with E-state index in [4.69, 9.17) is 69.8 Å². The van der Waals surface area contributed by atoms with Crippen molar-refractivity contribution in [2.45, 2.75) is 293 Å². The third-order valence-electron chi connectivity index (χ3n) is 23.5. The fourth-order valence-electron chi connectivity index (χ4n) is 16.3. The molecule has 12 rings (SSSR count). The summed E-state index contributed by atoms with van der Waals surface area (Å²) in [5, 5.41) is 106. The number of aliphatic hydroxyl groups excluding tert-OH is 2. The highest BCUT2D eigenvalue weighted by molar-refractivity contribution is 7.13. The molecular weight excluding hydrogens is 1940 g/mol. The number of benzene rings is 1. The van der Waals surface area contributed by atoms with E-state index in [-0.39, 0.29) is 160 Å². The average Bonchev–Trinajstić information content (AvgIpc) is 1.45. The summed E-state index contributed by atoms with van der Waals surface area (Å²) in [5.74, 6) is -4.80. The van der Waals surface area contributed by atoms with Crippen LogP contribution < -0.4 is 49.1 Å². The van der Waals surface area contributed by atoms with Gasteiger partial charge in [-0.25, -0.2) is 0 Å². The monoisotopic (exact) mass is 2090 g/mol. The average molecular weight is 2090 g/mol. The van der Waals surface area contributed by atoms with Crippen molar-refractivity contribution in [3.63, 3.8) is 0 Å². The largest absolute Gasteiger partial charge is 0.478 e. The molecular formula is C97H141B6N11O29S3. The summed E-state index contributed by atoms with van der Waals surface area (Å²) in [6, 6.07) is 20.5. The Hall–Kier alpha value is -9.79. The lowest BCUT2D eigenvalue weighted by atomic mass is 9.76. The van der Waals surface area contributed by atoms with Crippen molar-refractivity contribution in [2.75, 3.05) is 39.6 Å². The Kier molecular flexibility index (Phi) is 56.8. The number of thiophene rings is 3. The van der Waals surface area contributed by atoms with Crippen molar-refractivity contribution >= 4 is 158 Å². The highest BCUT2D eigenvalue weighted by Gasteiger charge is 2.41. The smallest absolute Gasteiger partial charge is 0.426 e. The number of nitrogens with zero attached hydrogens (tertiary/aromatic N) is 2. The van der Waals surface area contributed by atoms with Crippen molar-refractivity contribution in [3.05, 3.63) is 175 Å². The van der Waals surface area contributed by atoms with Crippen molar-refractivity contribution in [1.82, 2.24) is 31.9 Å². The first kappa shape index (κ1) is 123. The molecule has 49 heteroatoms. The van der Waals surface area contributed by atoms with Gasteiger partial charge in [-0.1, -0.05) is 145 Å². The lowest BCUT2D eigenvalue weighted by Crippen LogP contribution is -2.52. The standard InChI is InChI=1S/C17H25BN2O5S.2C16H21BN2O6S.2C16H27BN2O4.C16H20BNO4/c1-12(21)9-13-3-2-4-16(18(23)25-13)20-17(22)10-14-5-6-15(26-14)11-24-8-7-19;2*1-11(21)10-12-4-2-6-14(17(23)25-12)18-16(22)15(19-24-8-7-20)13-5-3-9-26-13;1-11(20)9-14-3-2-4-15(17(22)23-14)19-16(21)10-12-5-7-13(18)8-6-12;1-12(20)10-13-6-5-7-14(17(22)23-13)19-15(21)11-16(18)8-3-2-4-9-16;1-12(19)10-14-8-5-9-15(17(21)22-14)18-16(20)11-13-6-3-2-4-7-13/h2-3,5-6,13,16,23H,4,7-11,19H2,1H3,(H,20,22);2*2-5,9,12,14,20,23H,6-8,10H2,1H3,(H,18,22);2-3,12-15,22H,4-10,18H2,1H3,(H,19,21);5-6,13-14,22H,2-4,7-11,18H2,1H3,(H,19,21);2-8,14-15,21H,9-11H2,1H3,(H,18,20)/b;19-15+;19-15-;;;/t13-,16+;2*12-,14+;12?,13?,14-,15+;13-,14+;14-,15+/m111111/s1. The predicted molar refractivity (Wildman–Crippen MR) is 557 cm³/mol. The van der Waals surface area contributed by atoms with Crippen LogP contribution in [0.4, 0.5) is 0 Å². The number of nitrogens with two attached hydrogens (primary N) is 3. The second-order valence-electron chi connectivity index (χ2n) is 36.7. The van der Waals surface area contributed by atoms with Crippen molar-refractivity contribution in [3.8, 4) is 0 Å². The normalized spacial score (nSPS) is 23.4. The van der Waals surface area contributed by atoms with Crippen LogP contribution in [0.2, 0.25) is 0 Å². The van der Waals surface area contributed by atoms with Crippen LogP contribution in [-0.4, -0.2) is 288 Å². The number of rotatable bonds is 40. The molecule has 9 heterocycles. The third-order valence-corrected chi connectivity index (χ3v) is 26.3. The molecule has 0 saturated heterocycles. The zero-order valence-electron chi connectivity index (χ0n) is 83.6. The summed E-state index contributed by atoms with van der Waals surface area (Å²) in [4.78, 5) is 154. The first-order valence-corrected chi connectivity index (χ1v) is 51.8. The van der Waals surface area contributed by atoms with Gasteiger partial charge < -0.3 is 132 Å². The molecule has 2 fully saturated rings. The Balaban J connectivity index is 0.000000238. The number of Topliss-reactive ketones (excluding diaryl/α,β-unsaturated/α-hetero) is 6. The van der Waals surface area contributed by atoms with Gasteiger partial charge in [0.1, 0.15) is 47.9 Å². The Bertz CT molecular complexity index is 4860. The second-order valence-corrected chi connectivity index (χ2v) is 39.9. The minimum absolute atomic E-state index is 0.00305.